The van der Waals surface area contributed by atoms with Gasteiger partial charge in [0.05, 0.1) is 10.6 Å². The molecule has 2 rings (SSSR count). The van der Waals surface area contributed by atoms with Gasteiger partial charge in [-0.05, 0) is 50.0 Å². The van der Waals surface area contributed by atoms with E-state index in [9.17, 15) is 9.59 Å². The quantitative estimate of drug-likeness (QED) is 0.681. The molecule has 0 spiro atoms. The van der Waals surface area contributed by atoms with Gasteiger partial charge < -0.3 is 20.7 Å². The van der Waals surface area contributed by atoms with E-state index in [1.807, 2.05) is 13.8 Å². The molecule has 1 aliphatic heterocycles. The van der Waals surface area contributed by atoms with E-state index in [2.05, 4.69) is 16.0 Å². The van der Waals surface area contributed by atoms with E-state index in [1.165, 1.54) is 0 Å². The minimum Gasteiger partial charge on any atom is -0.368 e. The van der Waals surface area contributed by atoms with E-state index in [4.69, 9.17) is 16.3 Å². The largest absolute Gasteiger partial charge is 0.368 e. The molecule has 146 valence electrons. The number of hydrogen-bond acceptors (Lipinski definition) is 4. The number of amides is 2. The molecule has 8 heteroatoms. The average Bonchev–Trinajstić information content (AvgIpc) is 2.60. The van der Waals surface area contributed by atoms with Gasteiger partial charge in [0.2, 0.25) is 0 Å². The summed E-state index contributed by atoms with van der Waals surface area (Å²) in [7, 11) is 1.56. The average molecular weight is 404 g/mol. The van der Waals surface area contributed by atoms with Crippen molar-refractivity contribution in [1.82, 2.24) is 10.6 Å². The Balaban J connectivity index is 0.00000338. The number of halogens is 2. The summed E-state index contributed by atoms with van der Waals surface area (Å²) in [5.74, 6) is -0.0515. The van der Waals surface area contributed by atoms with Crippen molar-refractivity contribution in [3.8, 4) is 0 Å². The van der Waals surface area contributed by atoms with Gasteiger partial charge in [-0.15, -0.1) is 12.4 Å². The zero-order chi connectivity index (χ0) is 18.4. The Kier molecular flexibility index (Phi) is 8.83. The highest BCUT2D eigenvalue weighted by molar-refractivity contribution is 6.34. The van der Waals surface area contributed by atoms with Crippen molar-refractivity contribution in [2.24, 2.45) is 5.92 Å². The van der Waals surface area contributed by atoms with Crippen molar-refractivity contribution in [2.45, 2.75) is 32.3 Å². The van der Waals surface area contributed by atoms with Crippen LogP contribution in [0.1, 0.15) is 37.0 Å². The molecule has 1 aliphatic rings. The Bertz CT molecular complexity index is 632. The normalized spacial score (nSPS) is 15.9. The van der Waals surface area contributed by atoms with Crippen LogP contribution in [-0.4, -0.2) is 44.2 Å². The number of carbonyl (C=O) groups is 2. The lowest BCUT2D eigenvalue weighted by Crippen LogP contribution is -2.51. The van der Waals surface area contributed by atoms with Crippen LogP contribution < -0.4 is 16.0 Å². The number of benzene rings is 1. The molecule has 3 N–H and O–H groups in total. The summed E-state index contributed by atoms with van der Waals surface area (Å²) in [6.45, 7) is 6.09. The Hall–Kier alpha value is -1.34. The predicted octanol–water partition coefficient (Wildman–Crippen LogP) is 2.85. The molecule has 0 aliphatic carbocycles. The molecule has 6 nitrogen and oxygen atoms in total. The third-order valence-electron chi connectivity index (χ3n) is 4.36. The number of ether oxygens (including phenoxy) is 1. The van der Waals surface area contributed by atoms with Crippen molar-refractivity contribution < 1.29 is 14.3 Å². The lowest BCUT2D eigenvalue weighted by atomic mass is 9.91. The molecule has 1 aromatic rings. The zero-order valence-corrected chi connectivity index (χ0v) is 16.9. The maximum Gasteiger partial charge on any atom is 0.256 e. The van der Waals surface area contributed by atoms with Gasteiger partial charge in [0.15, 0.2) is 0 Å². The fourth-order valence-corrected chi connectivity index (χ4v) is 3.03. The van der Waals surface area contributed by atoms with Crippen molar-refractivity contribution in [3.63, 3.8) is 0 Å². The maximum atomic E-state index is 12.6. The number of hydrogen-bond donors (Lipinski definition) is 3. The second kappa shape index (κ2) is 10.1. The summed E-state index contributed by atoms with van der Waals surface area (Å²) < 4.78 is 5.51. The highest BCUT2D eigenvalue weighted by Gasteiger charge is 2.39. The van der Waals surface area contributed by atoms with E-state index in [0.717, 1.165) is 13.1 Å². The third-order valence-corrected chi connectivity index (χ3v) is 4.67. The molecule has 0 atom stereocenters. The fourth-order valence-electron chi connectivity index (χ4n) is 2.77. The van der Waals surface area contributed by atoms with Gasteiger partial charge in [-0.1, -0.05) is 25.4 Å². The number of nitrogens with one attached hydrogen (secondary N) is 3. The summed E-state index contributed by atoms with van der Waals surface area (Å²) in [5, 5.41) is 9.20. The molecule has 0 radical (unpaired) electrons. The van der Waals surface area contributed by atoms with E-state index in [1.54, 1.807) is 25.3 Å². The summed E-state index contributed by atoms with van der Waals surface area (Å²) >= 11 is 6.22. The van der Waals surface area contributed by atoms with Gasteiger partial charge in [-0.2, -0.15) is 0 Å². The number of methoxy groups -OCH3 is 1. The lowest BCUT2D eigenvalue weighted by molar-refractivity contribution is -0.140. The highest BCUT2D eigenvalue weighted by Crippen LogP contribution is 2.26. The first kappa shape index (κ1) is 22.7. The van der Waals surface area contributed by atoms with Gasteiger partial charge in [-0.3, -0.25) is 9.59 Å². The summed E-state index contributed by atoms with van der Waals surface area (Å²) in [6, 6.07) is 4.89. The molecule has 0 aromatic heterocycles. The van der Waals surface area contributed by atoms with Crippen molar-refractivity contribution >= 4 is 41.5 Å². The molecule has 2 amide bonds. The maximum absolute atomic E-state index is 12.6. The molecule has 0 saturated carbocycles. The molecule has 26 heavy (non-hydrogen) atoms. The van der Waals surface area contributed by atoms with Gasteiger partial charge in [0, 0.05) is 19.3 Å². The van der Waals surface area contributed by atoms with Crippen molar-refractivity contribution in [1.29, 1.82) is 0 Å². The van der Waals surface area contributed by atoms with Crippen LogP contribution in [0.4, 0.5) is 5.69 Å². The van der Waals surface area contributed by atoms with E-state index >= 15 is 0 Å². The molecule has 0 unspecified atom stereocenters. The first-order chi connectivity index (χ1) is 11.9. The minimum atomic E-state index is -0.828. The number of anilines is 1. The molecule has 1 saturated heterocycles. The van der Waals surface area contributed by atoms with Gasteiger partial charge in [0.25, 0.3) is 11.8 Å². The van der Waals surface area contributed by atoms with Crippen LogP contribution >= 0.6 is 24.0 Å². The molecular weight excluding hydrogens is 377 g/mol. The smallest absolute Gasteiger partial charge is 0.256 e. The Morgan fingerprint density at radius 3 is 2.50 bits per heavy atom. The first-order valence-electron chi connectivity index (χ1n) is 8.53. The van der Waals surface area contributed by atoms with Crippen molar-refractivity contribution in [3.05, 3.63) is 28.8 Å². The van der Waals surface area contributed by atoms with Crippen LogP contribution in [0.15, 0.2) is 18.2 Å². The van der Waals surface area contributed by atoms with Crippen LogP contribution in [0.3, 0.4) is 0 Å². The summed E-state index contributed by atoms with van der Waals surface area (Å²) in [4.78, 5) is 24.8. The monoisotopic (exact) mass is 403 g/mol. The van der Waals surface area contributed by atoms with Crippen LogP contribution in [-0.2, 0) is 9.53 Å². The second-order valence-corrected chi connectivity index (χ2v) is 7.11. The molecule has 1 fully saturated rings. The molecule has 0 bridgehead atoms. The number of rotatable bonds is 6. The van der Waals surface area contributed by atoms with Crippen LogP contribution in [0.2, 0.25) is 5.02 Å². The predicted molar refractivity (Wildman–Crippen MR) is 106 cm³/mol. The summed E-state index contributed by atoms with van der Waals surface area (Å²) in [6.07, 6.45) is 1.22. The number of carbonyl (C=O) groups excluding carboxylic acids is 2. The fraction of sp³-hybridized carbons (Fsp3) is 0.556. The van der Waals surface area contributed by atoms with E-state index < -0.39 is 5.60 Å². The van der Waals surface area contributed by atoms with Gasteiger partial charge in [-0.25, -0.2) is 0 Å². The van der Waals surface area contributed by atoms with E-state index in [-0.39, 0.29) is 24.2 Å². The molecule has 1 aromatic carbocycles. The minimum absolute atomic E-state index is 0. The van der Waals surface area contributed by atoms with Gasteiger partial charge in [0.1, 0.15) is 5.60 Å². The molecular formula is C18H27Cl2N3O3. The zero-order valence-electron chi connectivity index (χ0n) is 15.4. The van der Waals surface area contributed by atoms with E-state index in [0.29, 0.717) is 41.6 Å². The number of piperidine rings is 1. The van der Waals surface area contributed by atoms with Gasteiger partial charge >= 0.3 is 0 Å². The van der Waals surface area contributed by atoms with Crippen LogP contribution in [0, 0.1) is 5.92 Å². The van der Waals surface area contributed by atoms with Crippen LogP contribution in [0.25, 0.3) is 0 Å². The summed E-state index contributed by atoms with van der Waals surface area (Å²) in [5.41, 5.74) is 0.111. The first-order valence-corrected chi connectivity index (χ1v) is 8.91. The third kappa shape index (κ3) is 5.58. The Morgan fingerprint density at radius 2 is 1.96 bits per heavy atom. The molecule has 1 heterocycles. The SMILES string of the molecule is COC1(C(=O)Nc2ccc(C(=O)NCC(C)C)c(Cl)c2)CCNCC1.Cl. The van der Waals surface area contributed by atoms with Crippen molar-refractivity contribution in [2.75, 3.05) is 32.1 Å². The highest BCUT2D eigenvalue weighted by atomic mass is 35.5. The standard InChI is InChI=1S/C18H26ClN3O3.ClH/c1-12(2)11-21-16(23)14-5-4-13(10-15(14)19)22-17(24)18(25-3)6-8-20-9-7-18;/h4-5,10,12,20H,6-9,11H2,1-3H3,(H,21,23)(H,22,24);1H. The Labute approximate surface area is 165 Å². The lowest BCUT2D eigenvalue weighted by Gasteiger charge is -2.34. The van der Waals surface area contributed by atoms with Crippen LogP contribution in [0.5, 0.6) is 0 Å². The second-order valence-electron chi connectivity index (χ2n) is 6.70. The Morgan fingerprint density at radius 1 is 1.31 bits per heavy atom. The topological polar surface area (TPSA) is 79.5 Å².